The molecule has 1 amide bonds. The van der Waals surface area contributed by atoms with Crippen molar-refractivity contribution in [3.05, 3.63) is 29.5 Å². The molecule has 1 fully saturated rings. The molecular weight excluding hydrogens is 312 g/mol. The summed E-state index contributed by atoms with van der Waals surface area (Å²) in [6, 6.07) is 0. The molecule has 0 saturated carbocycles. The van der Waals surface area contributed by atoms with Gasteiger partial charge in [0.15, 0.2) is 5.82 Å². The number of carbonyl (C=O) groups is 1. The number of rotatable bonds is 4. The zero-order chi connectivity index (χ0) is 17.1. The zero-order valence-electron chi connectivity index (χ0n) is 14.0. The van der Waals surface area contributed by atoms with Crippen LogP contribution < -0.4 is 4.90 Å². The normalized spacial score (nSPS) is 17.8. The minimum absolute atomic E-state index is 0.0302. The van der Waals surface area contributed by atoms with Crippen molar-refractivity contribution in [3.63, 3.8) is 0 Å². The average Bonchev–Trinajstić information content (AvgIpc) is 3.00. The smallest absolute Gasteiger partial charge is 0.228 e. The van der Waals surface area contributed by atoms with E-state index in [4.69, 9.17) is 4.74 Å². The molecule has 2 aromatic heterocycles. The van der Waals surface area contributed by atoms with Crippen LogP contribution >= 0.6 is 0 Å². The zero-order valence-corrected chi connectivity index (χ0v) is 14.0. The van der Waals surface area contributed by atoms with Gasteiger partial charge in [-0.05, 0) is 6.92 Å². The van der Waals surface area contributed by atoms with Crippen LogP contribution in [-0.4, -0.2) is 64.9 Å². The minimum Gasteiger partial charge on any atom is -0.368 e. The summed E-state index contributed by atoms with van der Waals surface area (Å²) in [5.74, 6) is 0.714. The lowest BCUT2D eigenvalue weighted by Crippen LogP contribution is -2.43. The first kappa shape index (κ1) is 16.3. The van der Waals surface area contributed by atoms with E-state index in [1.165, 1.54) is 0 Å². The molecule has 9 heteroatoms. The Bertz CT molecular complexity index is 717. The molecule has 0 spiro atoms. The van der Waals surface area contributed by atoms with E-state index in [9.17, 15) is 4.79 Å². The number of hydrogen-bond acceptors (Lipinski definition) is 8. The fraction of sp³-hybridized carbons (Fsp3) is 0.533. The summed E-state index contributed by atoms with van der Waals surface area (Å²) in [4.78, 5) is 24.9. The third kappa shape index (κ3) is 3.35. The molecule has 1 unspecified atom stereocenters. The van der Waals surface area contributed by atoms with Gasteiger partial charge in [0.2, 0.25) is 5.91 Å². The van der Waals surface area contributed by atoms with Crippen molar-refractivity contribution in [2.75, 3.05) is 38.7 Å². The molecule has 2 aromatic rings. The van der Waals surface area contributed by atoms with Crippen molar-refractivity contribution in [1.29, 1.82) is 0 Å². The summed E-state index contributed by atoms with van der Waals surface area (Å²) in [5.41, 5.74) is 1.94. The Morgan fingerprint density at radius 3 is 2.83 bits per heavy atom. The van der Waals surface area contributed by atoms with E-state index in [0.717, 1.165) is 11.5 Å². The van der Waals surface area contributed by atoms with E-state index >= 15 is 0 Å². The Balaban J connectivity index is 1.73. The van der Waals surface area contributed by atoms with Gasteiger partial charge < -0.3 is 14.5 Å². The topological polar surface area (TPSA) is 97.5 Å². The molecule has 1 aliphatic heterocycles. The van der Waals surface area contributed by atoms with Crippen molar-refractivity contribution < 1.29 is 14.2 Å². The second-order valence-corrected chi connectivity index (χ2v) is 5.83. The Hall–Kier alpha value is -2.55. The SMILES string of the molecule is Cc1nonc1CC(=O)N1CCOC(c2nccnc2N(C)C)C1. The first-order chi connectivity index (χ1) is 11.6. The molecule has 128 valence electrons. The minimum atomic E-state index is -0.301. The lowest BCUT2D eigenvalue weighted by molar-refractivity contribution is -0.138. The second kappa shape index (κ2) is 6.91. The van der Waals surface area contributed by atoms with Crippen LogP contribution in [-0.2, 0) is 16.0 Å². The maximum Gasteiger partial charge on any atom is 0.228 e. The highest BCUT2D eigenvalue weighted by Crippen LogP contribution is 2.26. The van der Waals surface area contributed by atoms with Gasteiger partial charge in [-0.15, -0.1) is 0 Å². The van der Waals surface area contributed by atoms with Crippen LogP contribution in [0.4, 0.5) is 5.82 Å². The number of carbonyl (C=O) groups excluding carboxylic acids is 1. The summed E-state index contributed by atoms with van der Waals surface area (Å²) in [7, 11) is 3.80. The van der Waals surface area contributed by atoms with Crippen LogP contribution in [0.2, 0.25) is 0 Å². The number of morpholine rings is 1. The van der Waals surface area contributed by atoms with E-state index in [1.54, 1.807) is 24.2 Å². The highest BCUT2D eigenvalue weighted by atomic mass is 16.6. The van der Waals surface area contributed by atoms with Gasteiger partial charge in [0.25, 0.3) is 0 Å². The van der Waals surface area contributed by atoms with Crippen molar-refractivity contribution in [2.24, 2.45) is 0 Å². The van der Waals surface area contributed by atoms with Gasteiger partial charge >= 0.3 is 0 Å². The van der Waals surface area contributed by atoms with Gasteiger partial charge in [0.05, 0.1) is 19.6 Å². The van der Waals surface area contributed by atoms with E-state index in [2.05, 4.69) is 24.9 Å². The Labute approximate surface area is 139 Å². The fourth-order valence-electron chi connectivity index (χ4n) is 2.62. The standard InChI is InChI=1S/C15H20N6O3/c1-10-11(19-24-18-10)8-13(22)21-6-7-23-12(9-21)14-15(20(2)3)17-5-4-16-14/h4-5,12H,6-9H2,1-3H3. The van der Waals surface area contributed by atoms with Crippen molar-refractivity contribution in [3.8, 4) is 0 Å². The van der Waals surface area contributed by atoms with Gasteiger partial charge in [-0.2, -0.15) is 0 Å². The highest BCUT2D eigenvalue weighted by molar-refractivity contribution is 5.78. The molecule has 3 heterocycles. The van der Waals surface area contributed by atoms with E-state index in [0.29, 0.717) is 31.1 Å². The summed E-state index contributed by atoms with van der Waals surface area (Å²) in [6.07, 6.45) is 3.15. The highest BCUT2D eigenvalue weighted by Gasteiger charge is 2.29. The summed E-state index contributed by atoms with van der Waals surface area (Å²) in [5, 5.41) is 7.47. The van der Waals surface area contributed by atoms with E-state index in [-0.39, 0.29) is 18.4 Å². The number of aromatic nitrogens is 4. The molecule has 0 radical (unpaired) electrons. The Morgan fingerprint density at radius 2 is 2.12 bits per heavy atom. The van der Waals surface area contributed by atoms with E-state index < -0.39 is 0 Å². The monoisotopic (exact) mass is 332 g/mol. The molecular formula is C15H20N6O3. The number of anilines is 1. The predicted octanol–water partition coefficient (Wildman–Crippen LogP) is 0.377. The number of aryl methyl sites for hydroxylation is 1. The number of nitrogens with zero attached hydrogens (tertiary/aromatic N) is 6. The quantitative estimate of drug-likeness (QED) is 0.792. The van der Waals surface area contributed by atoms with E-state index in [1.807, 2.05) is 19.0 Å². The predicted molar refractivity (Wildman–Crippen MR) is 84.4 cm³/mol. The number of hydrogen-bond donors (Lipinski definition) is 0. The first-order valence-electron chi connectivity index (χ1n) is 7.72. The van der Waals surface area contributed by atoms with Crippen LogP contribution in [0, 0.1) is 6.92 Å². The molecule has 3 rings (SSSR count). The Kier molecular flexibility index (Phi) is 4.70. The van der Waals surface area contributed by atoms with Gasteiger partial charge in [0, 0.05) is 33.0 Å². The van der Waals surface area contributed by atoms with Gasteiger partial charge in [-0.3, -0.25) is 9.78 Å². The van der Waals surface area contributed by atoms with Crippen LogP contribution in [0.3, 0.4) is 0 Å². The first-order valence-corrected chi connectivity index (χ1v) is 7.72. The molecule has 0 N–H and O–H groups in total. The largest absolute Gasteiger partial charge is 0.368 e. The summed E-state index contributed by atoms with van der Waals surface area (Å²) < 4.78 is 10.5. The summed E-state index contributed by atoms with van der Waals surface area (Å²) >= 11 is 0. The van der Waals surface area contributed by atoms with Crippen LogP contribution in [0.15, 0.2) is 17.0 Å². The molecule has 0 aliphatic carbocycles. The molecule has 9 nitrogen and oxygen atoms in total. The van der Waals surface area contributed by atoms with Crippen molar-refractivity contribution in [2.45, 2.75) is 19.4 Å². The Morgan fingerprint density at radius 1 is 1.33 bits per heavy atom. The van der Waals surface area contributed by atoms with Gasteiger partial charge in [-0.25, -0.2) is 9.61 Å². The van der Waals surface area contributed by atoms with Crippen LogP contribution in [0.5, 0.6) is 0 Å². The lowest BCUT2D eigenvalue weighted by atomic mass is 10.1. The maximum absolute atomic E-state index is 12.5. The molecule has 1 atom stereocenters. The summed E-state index contributed by atoms with van der Waals surface area (Å²) in [6.45, 7) is 3.19. The number of ether oxygens (including phenoxy) is 1. The molecule has 1 saturated heterocycles. The third-order valence-corrected chi connectivity index (χ3v) is 3.92. The molecule has 24 heavy (non-hydrogen) atoms. The van der Waals surface area contributed by atoms with Crippen LogP contribution in [0.1, 0.15) is 23.2 Å². The molecule has 1 aliphatic rings. The van der Waals surface area contributed by atoms with Crippen LogP contribution in [0.25, 0.3) is 0 Å². The maximum atomic E-state index is 12.5. The van der Waals surface area contributed by atoms with Gasteiger partial charge in [0.1, 0.15) is 23.2 Å². The average molecular weight is 332 g/mol. The van der Waals surface area contributed by atoms with Crippen molar-refractivity contribution in [1.82, 2.24) is 25.2 Å². The lowest BCUT2D eigenvalue weighted by Gasteiger charge is -2.33. The fourth-order valence-corrected chi connectivity index (χ4v) is 2.62. The molecule has 0 aromatic carbocycles. The number of amides is 1. The van der Waals surface area contributed by atoms with Gasteiger partial charge in [-0.1, -0.05) is 10.3 Å². The molecule has 0 bridgehead atoms. The third-order valence-electron chi connectivity index (χ3n) is 3.92. The second-order valence-electron chi connectivity index (χ2n) is 5.83. The van der Waals surface area contributed by atoms with Crippen molar-refractivity contribution >= 4 is 11.7 Å².